The molecule has 0 bridgehead atoms. The number of alkyl halides is 1. The van der Waals surface area contributed by atoms with Gasteiger partial charge in [0.15, 0.2) is 6.17 Å². The number of thiophene rings is 1. The summed E-state index contributed by atoms with van der Waals surface area (Å²) in [5, 5.41) is 7.92. The normalized spacial score (nSPS) is 12.9. The Labute approximate surface area is 260 Å². The summed E-state index contributed by atoms with van der Waals surface area (Å²) in [6.45, 7) is 0. The van der Waals surface area contributed by atoms with Crippen LogP contribution < -0.4 is 0 Å². The van der Waals surface area contributed by atoms with Crippen LogP contribution in [0.4, 0.5) is 4.39 Å². The minimum absolute atomic E-state index is 0.598. The Morgan fingerprint density at radius 3 is 2.33 bits per heavy atom. The summed E-state index contributed by atoms with van der Waals surface area (Å²) in [5.74, 6) is 0. The average Bonchev–Trinajstić information content (AvgIpc) is 3.82. The summed E-state index contributed by atoms with van der Waals surface area (Å²) in [7, 11) is 0. The van der Waals surface area contributed by atoms with Crippen molar-refractivity contribution in [2.24, 2.45) is 0 Å². The fourth-order valence-corrected chi connectivity index (χ4v) is 8.39. The molecule has 10 aromatic rings. The van der Waals surface area contributed by atoms with E-state index in [0.29, 0.717) is 11.1 Å². The number of para-hydroxylation sites is 1. The lowest BCUT2D eigenvalue weighted by atomic mass is 9.98. The number of fused-ring (bicyclic) bond motifs is 13. The van der Waals surface area contributed by atoms with Crippen LogP contribution in [0.2, 0.25) is 0 Å². The van der Waals surface area contributed by atoms with Crippen LogP contribution in [0.3, 0.4) is 0 Å². The fraction of sp³-hybridized carbons (Fsp3) is 0.0256. The first-order valence-electron chi connectivity index (χ1n) is 15.0. The van der Waals surface area contributed by atoms with E-state index in [1.165, 1.54) is 25.6 Å². The number of imidazole rings is 1. The van der Waals surface area contributed by atoms with Gasteiger partial charge in [-0.15, -0.1) is 11.3 Å². The molecule has 4 nitrogen and oxygen atoms in total. The topological polar surface area (TPSA) is 35.1 Å². The van der Waals surface area contributed by atoms with Gasteiger partial charge in [-0.25, -0.2) is 14.4 Å². The van der Waals surface area contributed by atoms with Crippen molar-refractivity contribution in [3.63, 3.8) is 0 Å². The molecule has 10 rings (SSSR count). The van der Waals surface area contributed by atoms with Gasteiger partial charge in [0.2, 0.25) is 0 Å². The van der Waals surface area contributed by atoms with Crippen molar-refractivity contribution in [3.8, 4) is 5.69 Å². The summed E-state index contributed by atoms with van der Waals surface area (Å²) in [5.41, 5.74) is 5.93. The van der Waals surface area contributed by atoms with Gasteiger partial charge in [-0.1, -0.05) is 66.7 Å². The summed E-state index contributed by atoms with van der Waals surface area (Å²) < 4.78 is 23.3. The highest BCUT2D eigenvalue weighted by Gasteiger charge is 2.20. The van der Waals surface area contributed by atoms with Crippen LogP contribution in [-0.4, -0.2) is 18.9 Å². The number of pyridine rings is 2. The summed E-state index contributed by atoms with van der Waals surface area (Å²) in [4.78, 5) is 9.48. The molecule has 0 N–H and O–H groups in total. The van der Waals surface area contributed by atoms with Gasteiger partial charge in [-0.3, -0.25) is 8.97 Å². The lowest BCUT2D eigenvalue weighted by molar-refractivity contribution is 0.402. The second-order valence-electron chi connectivity index (χ2n) is 11.5. The van der Waals surface area contributed by atoms with Crippen LogP contribution >= 0.6 is 11.3 Å². The Bertz CT molecular complexity index is 2810. The Balaban J connectivity index is 1.16. The van der Waals surface area contributed by atoms with E-state index in [1.54, 1.807) is 6.20 Å². The van der Waals surface area contributed by atoms with Gasteiger partial charge in [-0.05, 0) is 65.0 Å². The lowest BCUT2D eigenvalue weighted by Crippen LogP contribution is -2.00. The maximum absolute atomic E-state index is 16.6. The molecule has 0 spiro atoms. The standard InChI is InChI=1S/C39H23FN4S/c40-36(24-14-15-26-27-9-1-3-12-32(27)43-20-19-42-38(43)31(26)22-24)23-7-5-8-25(21-23)44-33-17-16-29-28-10-2-4-13-34(28)45-37(29)35(33)30-11-6-18-41-39(30)44/h1-22,36H. The molecular weight excluding hydrogens is 576 g/mol. The number of hydrogen-bond acceptors (Lipinski definition) is 3. The first kappa shape index (κ1) is 24.8. The molecule has 1 unspecified atom stereocenters. The quantitative estimate of drug-likeness (QED) is 0.190. The van der Waals surface area contributed by atoms with E-state index in [9.17, 15) is 0 Å². The van der Waals surface area contributed by atoms with E-state index in [0.717, 1.165) is 49.6 Å². The zero-order chi connectivity index (χ0) is 29.6. The highest BCUT2D eigenvalue weighted by Crippen LogP contribution is 2.43. The number of benzene rings is 5. The number of hydrogen-bond donors (Lipinski definition) is 0. The average molecular weight is 599 g/mol. The predicted molar refractivity (Wildman–Crippen MR) is 185 cm³/mol. The monoisotopic (exact) mass is 598 g/mol. The number of nitrogens with zero attached hydrogens (tertiary/aromatic N) is 4. The molecule has 0 saturated heterocycles. The minimum atomic E-state index is -1.31. The highest BCUT2D eigenvalue weighted by atomic mass is 32.1. The van der Waals surface area contributed by atoms with E-state index in [1.807, 2.05) is 84.4 Å². The van der Waals surface area contributed by atoms with Crippen LogP contribution in [0.1, 0.15) is 17.3 Å². The molecule has 5 heterocycles. The SMILES string of the molecule is FC(c1cccc(-n2c3ccc4c5ccccc5sc4c3c3cccnc32)c1)c1ccc2c3ccccc3n3ccnc3c2c1. The van der Waals surface area contributed by atoms with Gasteiger partial charge in [0.25, 0.3) is 0 Å². The van der Waals surface area contributed by atoms with Crippen molar-refractivity contribution >= 4 is 80.8 Å². The van der Waals surface area contributed by atoms with Crippen molar-refractivity contribution in [1.29, 1.82) is 0 Å². The maximum atomic E-state index is 16.6. The molecule has 45 heavy (non-hydrogen) atoms. The largest absolute Gasteiger partial charge is 0.299 e. The Morgan fingerprint density at radius 1 is 0.578 bits per heavy atom. The van der Waals surface area contributed by atoms with E-state index >= 15 is 4.39 Å². The number of aromatic nitrogens is 4. The van der Waals surface area contributed by atoms with Crippen molar-refractivity contribution < 1.29 is 4.39 Å². The number of halogens is 1. The van der Waals surface area contributed by atoms with Crippen molar-refractivity contribution in [3.05, 3.63) is 145 Å². The Kier molecular flexibility index (Phi) is 5.08. The van der Waals surface area contributed by atoms with Gasteiger partial charge in [0.05, 0.1) is 11.0 Å². The van der Waals surface area contributed by atoms with Gasteiger partial charge >= 0.3 is 0 Å². The molecule has 0 fully saturated rings. The van der Waals surface area contributed by atoms with E-state index in [-0.39, 0.29) is 0 Å². The van der Waals surface area contributed by atoms with Gasteiger partial charge in [0.1, 0.15) is 11.3 Å². The Morgan fingerprint density at radius 2 is 1.38 bits per heavy atom. The van der Waals surface area contributed by atoms with Crippen LogP contribution in [0.5, 0.6) is 0 Å². The first-order valence-corrected chi connectivity index (χ1v) is 15.8. The van der Waals surface area contributed by atoms with Crippen molar-refractivity contribution in [2.75, 3.05) is 0 Å². The molecule has 212 valence electrons. The summed E-state index contributed by atoms with van der Waals surface area (Å²) >= 11 is 1.81. The molecule has 0 aliphatic carbocycles. The molecule has 5 aromatic heterocycles. The maximum Gasteiger partial charge on any atom is 0.150 e. The zero-order valence-electron chi connectivity index (χ0n) is 23.9. The van der Waals surface area contributed by atoms with Crippen LogP contribution in [0.15, 0.2) is 134 Å². The van der Waals surface area contributed by atoms with Gasteiger partial charge < -0.3 is 0 Å². The smallest absolute Gasteiger partial charge is 0.150 e. The zero-order valence-corrected chi connectivity index (χ0v) is 24.7. The lowest BCUT2D eigenvalue weighted by Gasteiger charge is -2.14. The van der Waals surface area contributed by atoms with Gasteiger partial charge in [0, 0.05) is 66.0 Å². The summed E-state index contributed by atoms with van der Waals surface area (Å²) in [6.07, 6.45) is 4.28. The molecule has 0 amide bonds. The van der Waals surface area contributed by atoms with Crippen LogP contribution in [0, 0.1) is 0 Å². The predicted octanol–water partition coefficient (Wildman–Crippen LogP) is 10.6. The molecule has 6 heteroatoms. The molecule has 5 aromatic carbocycles. The van der Waals surface area contributed by atoms with Gasteiger partial charge in [-0.2, -0.15) is 0 Å². The molecule has 0 aliphatic heterocycles. The molecule has 1 atom stereocenters. The second-order valence-corrected chi connectivity index (χ2v) is 12.6. The third kappa shape index (κ3) is 3.45. The molecule has 0 aliphatic rings. The minimum Gasteiger partial charge on any atom is -0.299 e. The van der Waals surface area contributed by atoms with E-state index < -0.39 is 6.17 Å². The summed E-state index contributed by atoms with van der Waals surface area (Å²) in [6, 6.07) is 39.1. The second kappa shape index (κ2) is 9.21. The van der Waals surface area contributed by atoms with E-state index in [2.05, 4.69) is 68.5 Å². The number of rotatable bonds is 3. The Hall–Kier alpha value is -5.59. The molecule has 0 radical (unpaired) electrons. The molecule has 0 saturated carbocycles. The van der Waals surface area contributed by atoms with Crippen molar-refractivity contribution in [1.82, 2.24) is 18.9 Å². The fourth-order valence-electron chi connectivity index (χ4n) is 7.13. The third-order valence-electron chi connectivity index (χ3n) is 9.13. The van der Waals surface area contributed by atoms with Crippen molar-refractivity contribution in [2.45, 2.75) is 6.17 Å². The first-order chi connectivity index (χ1) is 22.2. The third-order valence-corrected chi connectivity index (χ3v) is 10.3. The van der Waals surface area contributed by atoms with Crippen LogP contribution in [-0.2, 0) is 0 Å². The van der Waals surface area contributed by atoms with Crippen LogP contribution in [0.25, 0.3) is 75.1 Å². The van der Waals surface area contributed by atoms with E-state index in [4.69, 9.17) is 4.98 Å². The highest BCUT2D eigenvalue weighted by molar-refractivity contribution is 7.26. The molecular formula is C39H23FN4S.